The highest BCUT2D eigenvalue weighted by molar-refractivity contribution is 6.01. The molecule has 0 aliphatic carbocycles. The van der Waals surface area contributed by atoms with Gasteiger partial charge in [0.2, 0.25) is 0 Å². The van der Waals surface area contributed by atoms with Crippen molar-refractivity contribution >= 4 is 23.8 Å². The fourth-order valence-corrected chi connectivity index (χ4v) is 4.63. The molecule has 1 fully saturated rings. The molecule has 0 aromatic carbocycles. The van der Waals surface area contributed by atoms with Crippen molar-refractivity contribution in [3.05, 3.63) is 0 Å². The molecule has 2 amide bonds. The Morgan fingerprint density at radius 2 is 0.806 bits per heavy atom. The Morgan fingerprint density at radius 1 is 0.528 bits per heavy atom. The first-order valence-corrected chi connectivity index (χ1v) is 14.7. The molecule has 0 aromatic heterocycles. The van der Waals surface area contributed by atoms with Gasteiger partial charge in [-0.3, -0.25) is 14.4 Å². The summed E-state index contributed by atoms with van der Waals surface area (Å²) in [6.45, 7) is 0. The van der Waals surface area contributed by atoms with E-state index in [9.17, 15) is 19.2 Å². The summed E-state index contributed by atoms with van der Waals surface area (Å²) >= 11 is 0. The molecule has 0 radical (unpaired) electrons. The van der Waals surface area contributed by atoms with Crippen LogP contribution in [0.15, 0.2) is 0 Å². The van der Waals surface area contributed by atoms with Gasteiger partial charge in [0.05, 0.1) is 7.11 Å². The molecule has 36 heavy (non-hydrogen) atoms. The standard InChI is InChI=1S/C29H51NO6/c1-35-28(33)22-20-18-16-14-12-10-8-6-4-2-3-5-7-9-11-13-15-17-19-21-23-29(34)36-30-26(31)24-25-27(30)32/h2-25H2,1H3. The zero-order chi connectivity index (χ0) is 26.3. The maximum absolute atomic E-state index is 11.7. The predicted octanol–water partition coefficient (Wildman–Crippen LogP) is 7.35. The topological polar surface area (TPSA) is 90.0 Å². The molecule has 1 saturated heterocycles. The van der Waals surface area contributed by atoms with Crippen molar-refractivity contribution in [3.8, 4) is 0 Å². The minimum absolute atomic E-state index is 0.0868. The van der Waals surface area contributed by atoms with Crippen molar-refractivity contribution in [1.82, 2.24) is 5.06 Å². The summed E-state index contributed by atoms with van der Waals surface area (Å²) in [5.41, 5.74) is 0. The summed E-state index contributed by atoms with van der Waals surface area (Å²) in [6.07, 6.45) is 25.9. The third kappa shape index (κ3) is 17.5. The van der Waals surface area contributed by atoms with Crippen molar-refractivity contribution in [2.75, 3.05) is 7.11 Å². The van der Waals surface area contributed by atoms with Crippen LogP contribution in [-0.2, 0) is 28.8 Å². The highest BCUT2D eigenvalue weighted by Crippen LogP contribution is 2.16. The summed E-state index contributed by atoms with van der Waals surface area (Å²) in [5, 5.41) is 0.630. The van der Waals surface area contributed by atoms with E-state index < -0.39 is 17.8 Å². The summed E-state index contributed by atoms with van der Waals surface area (Å²) in [7, 11) is 1.45. The number of amides is 2. The number of methoxy groups -OCH3 is 1. The fraction of sp³-hybridized carbons (Fsp3) is 0.862. The number of unbranched alkanes of at least 4 members (excludes halogenated alkanes) is 19. The van der Waals surface area contributed by atoms with Gasteiger partial charge in [-0.1, -0.05) is 116 Å². The van der Waals surface area contributed by atoms with Crippen LogP contribution in [0.4, 0.5) is 0 Å². The van der Waals surface area contributed by atoms with Gasteiger partial charge in [0.25, 0.3) is 11.8 Å². The normalized spacial score (nSPS) is 13.4. The van der Waals surface area contributed by atoms with Crippen LogP contribution in [0.2, 0.25) is 0 Å². The first kappa shape index (κ1) is 32.1. The van der Waals surface area contributed by atoms with E-state index >= 15 is 0 Å². The summed E-state index contributed by atoms with van der Waals surface area (Å²) in [5.74, 6) is -1.41. The van der Waals surface area contributed by atoms with E-state index in [4.69, 9.17) is 4.84 Å². The third-order valence-electron chi connectivity index (χ3n) is 6.94. The molecule has 7 nitrogen and oxygen atoms in total. The number of carbonyl (C=O) groups excluding carboxylic acids is 4. The lowest BCUT2D eigenvalue weighted by atomic mass is 10.0. The van der Waals surface area contributed by atoms with Crippen LogP contribution in [0.5, 0.6) is 0 Å². The number of nitrogens with zero attached hydrogens (tertiary/aromatic N) is 1. The van der Waals surface area contributed by atoms with E-state index in [1.165, 1.54) is 103 Å². The monoisotopic (exact) mass is 509 g/mol. The van der Waals surface area contributed by atoms with Gasteiger partial charge in [0.15, 0.2) is 0 Å². The van der Waals surface area contributed by atoms with Gasteiger partial charge in [-0.2, -0.15) is 0 Å². The molecule has 1 rings (SSSR count). The Kier molecular flexibility index (Phi) is 19.9. The second-order valence-electron chi connectivity index (χ2n) is 10.2. The van der Waals surface area contributed by atoms with Crippen LogP contribution >= 0.6 is 0 Å². The third-order valence-corrected chi connectivity index (χ3v) is 6.94. The van der Waals surface area contributed by atoms with Crippen molar-refractivity contribution < 1.29 is 28.8 Å². The molecular weight excluding hydrogens is 458 g/mol. The molecular formula is C29H51NO6. The molecule has 0 saturated carbocycles. The molecule has 0 atom stereocenters. The lowest BCUT2D eigenvalue weighted by Gasteiger charge is -2.12. The van der Waals surface area contributed by atoms with E-state index in [-0.39, 0.29) is 25.2 Å². The van der Waals surface area contributed by atoms with E-state index in [2.05, 4.69) is 4.74 Å². The second kappa shape index (κ2) is 22.3. The summed E-state index contributed by atoms with van der Waals surface area (Å²) in [4.78, 5) is 50.5. The van der Waals surface area contributed by atoms with Gasteiger partial charge in [0.1, 0.15) is 0 Å². The number of hydrogen-bond acceptors (Lipinski definition) is 6. The number of carbonyl (C=O) groups is 4. The van der Waals surface area contributed by atoms with E-state index in [1.807, 2.05) is 0 Å². The van der Waals surface area contributed by atoms with Gasteiger partial charge in [0, 0.05) is 25.7 Å². The number of hydrogen-bond donors (Lipinski definition) is 0. The zero-order valence-corrected chi connectivity index (χ0v) is 22.9. The Morgan fingerprint density at radius 3 is 1.11 bits per heavy atom. The van der Waals surface area contributed by atoms with Crippen molar-refractivity contribution in [3.63, 3.8) is 0 Å². The van der Waals surface area contributed by atoms with Crippen LogP contribution in [0.3, 0.4) is 0 Å². The number of imide groups is 1. The Labute approximate surface area is 219 Å². The van der Waals surface area contributed by atoms with Crippen molar-refractivity contribution in [1.29, 1.82) is 0 Å². The highest BCUT2D eigenvalue weighted by Gasteiger charge is 2.32. The van der Waals surface area contributed by atoms with Crippen LogP contribution in [-0.4, -0.2) is 35.9 Å². The van der Waals surface area contributed by atoms with E-state index in [0.717, 1.165) is 32.1 Å². The molecule has 1 heterocycles. The van der Waals surface area contributed by atoms with Gasteiger partial charge < -0.3 is 9.57 Å². The van der Waals surface area contributed by atoms with Crippen LogP contribution in [0.1, 0.15) is 154 Å². The molecule has 1 aliphatic heterocycles. The average Bonchev–Trinajstić information content (AvgIpc) is 3.18. The van der Waals surface area contributed by atoms with E-state index in [1.54, 1.807) is 0 Å². The van der Waals surface area contributed by atoms with Gasteiger partial charge >= 0.3 is 11.9 Å². The molecule has 0 spiro atoms. The average molecular weight is 510 g/mol. The molecule has 1 aliphatic rings. The highest BCUT2D eigenvalue weighted by atomic mass is 16.7. The lowest BCUT2D eigenvalue weighted by Crippen LogP contribution is -2.31. The van der Waals surface area contributed by atoms with Crippen molar-refractivity contribution in [2.24, 2.45) is 0 Å². The molecule has 208 valence electrons. The maximum atomic E-state index is 11.7. The molecule has 0 N–H and O–H groups in total. The molecule has 0 aromatic rings. The zero-order valence-electron chi connectivity index (χ0n) is 22.9. The lowest BCUT2D eigenvalue weighted by molar-refractivity contribution is -0.197. The molecule has 7 heteroatoms. The van der Waals surface area contributed by atoms with Gasteiger partial charge in [-0.05, 0) is 12.8 Å². The quantitative estimate of drug-likeness (QED) is 0.0767. The molecule has 0 bridgehead atoms. The number of ether oxygens (including phenoxy) is 1. The fourth-order valence-electron chi connectivity index (χ4n) is 4.63. The smallest absolute Gasteiger partial charge is 0.333 e. The number of esters is 1. The van der Waals surface area contributed by atoms with Crippen molar-refractivity contribution in [2.45, 2.75) is 154 Å². The van der Waals surface area contributed by atoms with Gasteiger partial charge in [-0.25, -0.2) is 4.79 Å². The first-order chi connectivity index (χ1) is 17.5. The molecule has 0 unspecified atom stereocenters. The largest absolute Gasteiger partial charge is 0.469 e. The second-order valence-corrected chi connectivity index (χ2v) is 10.2. The Balaban J connectivity index is 1.71. The maximum Gasteiger partial charge on any atom is 0.333 e. The Hall–Kier alpha value is -1.92. The number of rotatable bonds is 24. The minimum Gasteiger partial charge on any atom is -0.469 e. The Bertz CT molecular complexity index is 605. The van der Waals surface area contributed by atoms with Crippen LogP contribution in [0, 0.1) is 0 Å². The predicted molar refractivity (Wildman–Crippen MR) is 141 cm³/mol. The minimum atomic E-state index is -0.487. The van der Waals surface area contributed by atoms with Crippen LogP contribution in [0.25, 0.3) is 0 Å². The van der Waals surface area contributed by atoms with Crippen LogP contribution < -0.4 is 0 Å². The first-order valence-electron chi connectivity index (χ1n) is 14.7. The van der Waals surface area contributed by atoms with Gasteiger partial charge in [-0.15, -0.1) is 5.06 Å². The summed E-state index contributed by atoms with van der Waals surface area (Å²) < 4.78 is 4.65. The SMILES string of the molecule is COC(=O)CCCCCCCCCCCCCCCCCCCCCCC(=O)ON1C(=O)CCC1=O. The summed E-state index contributed by atoms with van der Waals surface area (Å²) in [6, 6.07) is 0. The number of hydroxylamine groups is 2. The van der Waals surface area contributed by atoms with E-state index in [0.29, 0.717) is 11.5 Å².